The van der Waals surface area contributed by atoms with Gasteiger partial charge in [-0.15, -0.1) is 0 Å². The quantitative estimate of drug-likeness (QED) is 0.341. The highest BCUT2D eigenvalue weighted by Gasteiger charge is 2.46. The molecular weight excluding hydrogens is 316 g/mol. The summed E-state index contributed by atoms with van der Waals surface area (Å²) in [6.45, 7) is 16.1. The van der Waals surface area contributed by atoms with E-state index in [4.69, 9.17) is 9.47 Å². The third kappa shape index (κ3) is 8.24. The maximum absolute atomic E-state index is 12.7. The lowest BCUT2D eigenvalue weighted by Crippen LogP contribution is -2.43. The van der Waals surface area contributed by atoms with Gasteiger partial charge in [0.15, 0.2) is 5.41 Å². The first-order valence-corrected chi connectivity index (χ1v) is 10.0. The molecular formula is C21H40O4. The van der Waals surface area contributed by atoms with Gasteiger partial charge in [-0.25, -0.2) is 0 Å². The van der Waals surface area contributed by atoms with Crippen LogP contribution >= 0.6 is 0 Å². The Morgan fingerprint density at radius 2 is 1.00 bits per heavy atom. The maximum Gasteiger partial charge on any atom is 0.323 e. The molecule has 0 bridgehead atoms. The first kappa shape index (κ1) is 23.9. The number of ether oxygens (including phenoxy) is 2. The van der Waals surface area contributed by atoms with Crippen LogP contribution in [0.5, 0.6) is 0 Å². The van der Waals surface area contributed by atoms with Crippen molar-refractivity contribution in [1.29, 1.82) is 0 Å². The third-order valence-electron chi connectivity index (χ3n) is 4.91. The molecule has 0 rings (SSSR count). The van der Waals surface area contributed by atoms with Gasteiger partial charge in [-0.2, -0.15) is 0 Å². The van der Waals surface area contributed by atoms with Gasteiger partial charge in [0, 0.05) is 0 Å². The predicted octanol–water partition coefficient (Wildman–Crippen LogP) is 5.53. The van der Waals surface area contributed by atoms with Crippen LogP contribution in [0.25, 0.3) is 0 Å². The molecule has 4 heteroatoms. The molecule has 0 spiro atoms. The Balaban J connectivity index is 4.89. The van der Waals surface area contributed by atoms with Crippen molar-refractivity contribution in [2.75, 3.05) is 0 Å². The number of hydrogen-bond donors (Lipinski definition) is 0. The van der Waals surface area contributed by atoms with E-state index in [1.807, 2.05) is 27.7 Å². The van der Waals surface area contributed by atoms with Crippen LogP contribution in [-0.2, 0) is 19.1 Å². The van der Waals surface area contributed by atoms with Crippen molar-refractivity contribution >= 4 is 11.9 Å². The second-order valence-electron chi connectivity index (χ2n) is 8.16. The van der Waals surface area contributed by atoms with Crippen LogP contribution in [0.15, 0.2) is 0 Å². The summed E-state index contributed by atoms with van der Waals surface area (Å²) in [6, 6.07) is 0. The minimum atomic E-state index is -1.18. The van der Waals surface area contributed by atoms with Gasteiger partial charge in [0.1, 0.15) is 0 Å². The summed E-state index contributed by atoms with van der Waals surface area (Å²) in [5, 5.41) is 0. The van der Waals surface area contributed by atoms with Gasteiger partial charge in [0.2, 0.25) is 0 Å². The van der Waals surface area contributed by atoms with Gasteiger partial charge >= 0.3 is 11.9 Å². The molecule has 0 aromatic carbocycles. The van der Waals surface area contributed by atoms with E-state index in [2.05, 4.69) is 27.7 Å². The van der Waals surface area contributed by atoms with Crippen molar-refractivity contribution in [3.8, 4) is 0 Å². The Kier molecular flexibility index (Phi) is 11.0. The summed E-state index contributed by atoms with van der Waals surface area (Å²) in [4.78, 5) is 25.5. The number of carbonyl (C=O) groups excluding carboxylic acids is 2. The lowest BCUT2D eigenvalue weighted by molar-refractivity contribution is -0.179. The van der Waals surface area contributed by atoms with Crippen LogP contribution in [0.4, 0.5) is 0 Å². The fourth-order valence-electron chi connectivity index (χ4n) is 2.76. The molecule has 4 nitrogen and oxygen atoms in total. The summed E-state index contributed by atoms with van der Waals surface area (Å²) in [5.74, 6) is 0.259. The molecule has 0 heterocycles. The zero-order chi connectivity index (χ0) is 19.6. The molecule has 2 atom stereocenters. The molecule has 0 saturated carbocycles. The van der Waals surface area contributed by atoms with Gasteiger partial charge in [-0.3, -0.25) is 9.59 Å². The molecule has 0 radical (unpaired) electrons. The highest BCUT2D eigenvalue weighted by Crippen LogP contribution is 2.32. The molecule has 2 unspecified atom stereocenters. The lowest BCUT2D eigenvalue weighted by Gasteiger charge is -2.30. The Morgan fingerprint density at radius 1 is 0.680 bits per heavy atom. The molecule has 0 N–H and O–H groups in total. The Hall–Kier alpha value is -1.06. The summed E-state index contributed by atoms with van der Waals surface area (Å²) in [5.41, 5.74) is -1.18. The van der Waals surface area contributed by atoms with Crippen molar-refractivity contribution < 1.29 is 19.1 Å². The van der Waals surface area contributed by atoms with Gasteiger partial charge in [-0.1, -0.05) is 41.5 Å². The van der Waals surface area contributed by atoms with Crippen LogP contribution < -0.4 is 0 Å². The standard InChI is InChI=1S/C21H40O4/c1-9-21(10-2,19(22)24-17(7)13-11-15(3)4)20(23)25-18(8)14-12-16(5)6/h15-18H,9-14H2,1-8H3. The number of hydrogen-bond acceptors (Lipinski definition) is 4. The van der Waals surface area contributed by atoms with Gasteiger partial charge in [-0.05, 0) is 64.2 Å². The Morgan fingerprint density at radius 3 is 1.24 bits per heavy atom. The van der Waals surface area contributed by atoms with E-state index >= 15 is 0 Å². The number of esters is 2. The zero-order valence-electron chi connectivity index (χ0n) is 17.7. The monoisotopic (exact) mass is 356 g/mol. The van der Waals surface area contributed by atoms with E-state index in [0.29, 0.717) is 24.7 Å². The number of carbonyl (C=O) groups is 2. The summed E-state index contributed by atoms with van der Waals surface area (Å²) in [7, 11) is 0. The lowest BCUT2D eigenvalue weighted by atomic mass is 9.82. The average molecular weight is 357 g/mol. The summed E-state index contributed by atoms with van der Waals surface area (Å²) in [6.07, 6.45) is 4.05. The second-order valence-corrected chi connectivity index (χ2v) is 8.16. The normalized spacial score (nSPS) is 14.5. The van der Waals surface area contributed by atoms with Crippen molar-refractivity contribution in [2.45, 2.75) is 106 Å². The van der Waals surface area contributed by atoms with Crippen LogP contribution in [0.3, 0.4) is 0 Å². The fraction of sp³-hybridized carbons (Fsp3) is 0.905. The minimum Gasteiger partial charge on any atom is -0.462 e. The highest BCUT2D eigenvalue weighted by atomic mass is 16.6. The van der Waals surface area contributed by atoms with Gasteiger partial charge in [0.25, 0.3) is 0 Å². The smallest absolute Gasteiger partial charge is 0.323 e. The number of rotatable bonds is 12. The fourth-order valence-corrected chi connectivity index (χ4v) is 2.76. The zero-order valence-corrected chi connectivity index (χ0v) is 17.7. The van der Waals surface area contributed by atoms with E-state index < -0.39 is 17.4 Å². The average Bonchev–Trinajstić information content (AvgIpc) is 2.52. The molecule has 0 aromatic rings. The molecule has 0 fully saturated rings. The van der Waals surface area contributed by atoms with Crippen molar-refractivity contribution in [3.63, 3.8) is 0 Å². The molecule has 148 valence electrons. The minimum absolute atomic E-state index is 0.182. The molecule has 0 aliphatic heterocycles. The van der Waals surface area contributed by atoms with Crippen LogP contribution in [0, 0.1) is 17.3 Å². The Bertz CT molecular complexity index is 363. The van der Waals surface area contributed by atoms with Crippen molar-refractivity contribution in [2.24, 2.45) is 17.3 Å². The van der Waals surface area contributed by atoms with Gasteiger partial charge in [0.05, 0.1) is 12.2 Å². The van der Waals surface area contributed by atoms with Crippen LogP contribution in [-0.4, -0.2) is 24.1 Å². The first-order chi connectivity index (χ1) is 11.6. The summed E-state index contributed by atoms with van der Waals surface area (Å²) < 4.78 is 11.2. The molecule has 25 heavy (non-hydrogen) atoms. The second kappa shape index (κ2) is 11.5. The van der Waals surface area contributed by atoms with E-state index in [-0.39, 0.29) is 12.2 Å². The molecule has 0 amide bonds. The first-order valence-electron chi connectivity index (χ1n) is 10.0. The summed E-state index contributed by atoms with van der Waals surface area (Å²) >= 11 is 0. The molecule has 0 saturated heterocycles. The van der Waals surface area contributed by atoms with Crippen LogP contribution in [0.2, 0.25) is 0 Å². The highest BCUT2D eigenvalue weighted by molar-refractivity contribution is 6.00. The van der Waals surface area contributed by atoms with E-state index in [1.54, 1.807) is 0 Å². The third-order valence-corrected chi connectivity index (χ3v) is 4.91. The Labute approximate surface area is 155 Å². The SMILES string of the molecule is CCC(CC)(C(=O)OC(C)CCC(C)C)C(=O)OC(C)CCC(C)C. The van der Waals surface area contributed by atoms with Crippen LogP contribution in [0.1, 0.15) is 93.9 Å². The largest absolute Gasteiger partial charge is 0.462 e. The van der Waals surface area contributed by atoms with E-state index in [9.17, 15) is 9.59 Å². The molecule has 0 aromatic heterocycles. The molecule has 0 aliphatic rings. The topological polar surface area (TPSA) is 52.6 Å². The van der Waals surface area contributed by atoms with E-state index in [0.717, 1.165) is 25.7 Å². The van der Waals surface area contributed by atoms with E-state index in [1.165, 1.54) is 0 Å². The molecule has 0 aliphatic carbocycles. The van der Waals surface area contributed by atoms with Crippen molar-refractivity contribution in [3.05, 3.63) is 0 Å². The van der Waals surface area contributed by atoms with Gasteiger partial charge < -0.3 is 9.47 Å². The maximum atomic E-state index is 12.7. The van der Waals surface area contributed by atoms with Crippen molar-refractivity contribution in [1.82, 2.24) is 0 Å². The predicted molar refractivity (Wildman–Crippen MR) is 102 cm³/mol.